The average molecular weight is 223 g/mol. The molecule has 80 valence electrons. The second kappa shape index (κ2) is 4.60. The first-order valence-corrected chi connectivity index (χ1v) is 5.81. The van der Waals surface area contributed by atoms with Crippen molar-refractivity contribution in [3.05, 3.63) is 11.1 Å². The molecule has 0 spiro atoms. The van der Waals surface area contributed by atoms with Crippen molar-refractivity contribution in [3.63, 3.8) is 0 Å². The van der Waals surface area contributed by atoms with Crippen LogP contribution in [0.1, 0.15) is 17.7 Å². The zero-order chi connectivity index (χ0) is 10.7. The third kappa shape index (κ3) is 2.28. The normalized spacial score (nSPS) is 18.5. The first-order chi connectivity index (χ1) is 7.31. The lowest BCUT2D eigenvalue weighted by atomic mass is 10.2. The largest absolute Gasteiger partial charge is 0.378 e. The molecule has 4 nitrogen and oxygen atoms in total. The predicted molar refractivity (Wildman–Crippen MR) is 59.2 cm³/mol. The van der Waals surface area contributed by atoms with Gasteiger partial charge in [-0.2, -0.15) is 5.26 Å². The van der Waals surface area contributed by atoms with Gasteiger partial charge in [-0.25, -0.2) is 4.98 Å². The summed E-state index contributed by atoms with van der Waals surface area (Å²) >= 11 is 1.61. The fourth-order valence-corrected chi connectivity index (χ4v) is 2.40. The first kappa shape index (κ1) is 10.4. The highest BCUT2D eigenvalue weighted by molar-refractivity contribution is 7.15. The monoisotopic (exact) mass is 223 g/mol. The minimum atomic E-state index is -0.0581. The smallest absolute Gasteiger partial charge is 0.185 e. The summed E-state index contributed by atoms with van der Waals surface area (Å²) in [4.78, 5) is 7.60. The summed E-state index contributed by atoms with van der Waals surface area (Å²) in [7, 11) is 0. The Kier molecular flexibility index (Phi) is 3.19. The SMILES string of the molecule is CC(C#N)c1cnc(N2CCOCC2)s1. The van der Waals surface area contributed by atoms with Crippen molar-refractivity contribution >= 4 is 16.5 Å². The van der Waals surface area contributed by atoms with E-state index in [1.807, 2.05) is 13.1 Å². The first-order valence-electron chi connectivity index (χ1n) is 4.99. The van der Waals surface area contributed by atoms with Crippen molar-refractivity contribution in [2.75, 3.05) is 31.2 Å². The number of morpholine rings is 1. The fraction of sp³-hybridized carbons (Fsp3) is 0.600. The Labute approximate surface area is 93.1 Å². The molecule has 0 aliphatic carbocycles. The summed E-state index contributed by atoms with van der Waals surface area (Å²) in [6, 6.07) is 2.22. The van der Waals surface area contributed by atoms with E-state index in [1.54, 1.807) is 11.3 Å². The van der Waals surface area contributed by atoms with Crippen LogP contribution in [0.5, 0.6) is 0 Å². The standard InChI is InChI=1S/C10H13N3OS/c1-8(6-11)9-7-12-10(15-9)13-2-4-14-5-3-13/h7-8H,2-5H2,1H3. The third-order valence-electron chi connectivity index (χ3n) is 2.41. The van der Waals surface area contributed by atoms with Crippen molar-refractivity contribution in [1.29, 1.82) is 5.26 Å². The summed E-state index contributed by atoms with van der Waals surface area (Å²) in [5, 5.41) is 9.81. The number of ether oxygens (including phenoxy) is 1. The zero-order valence-electron chi connectivity index (χ0n) is 8.64. The van der Waals surface area contributed by atoms with Crippen LogP contribution in [0.25, 0.3) is 0 Å². The molecule has 15 heavy (non-hydrogen) atoms. The molecule has 0 saturated carbocycles. The lowest BCUT2D eigenvalue weighted by Crippen LogP contribution is -2.36. The third-order valence-corrected chi connectivity index (χ3v) is 3.65. The van der Waals surface area contributed by atoms with E-state index in [9.17, 15) is 0 Å². The molecule has 0 aromatic carbocycles. The average Bonchev–Trinajstić information content (AvgIpc) is 2.78. The molecule has 0 radical (unpaired) electrons. The Morgan fingerprint density at radius 2 is 2.33 bits per heavy atom. The number of hydrogen-bond donors (Lipinski definition) is 0. The molecule has 1 fully saturated rings. The van der Waals surface area contributed by atoms with E-state index >= 15 is 0 Å². The van der Waals surface area contributed by atoms with Gasteiger partial charge in [-0.15, -0.1) is 11.3 Å². The minimum absolute atomic E-state index is 0.0581. The lowest BCUT2D eigenvalue weighted by molar-refractivity contribution is 0.122. The second-order valence-electron chi connectivity index (χ2n) is 3.50. The molecule has 0 N–H and O–H groups in total. The number of aromatic nitrogens is 1. The Hall–Kier alpha value is -1.12. The Balaban J connectivity index is 2.09. The molecule has 1 atom stereocenters. The molecule has 1 unspecified atom stereocenters. The van der Waals surface area contributed by atoms with E-state index in [1.165, 1.54) is 0 Å². The van der Waals surface area contributed by atoms with Crippen LogP contribution in [0, 0.1) is 11.3 Å². The number of thiazole rings is 1. The van der Waals surface area contributed by atoms with Crippen molar-refractivity contribution in [2.45, 2.75) is 12.8 Å². The number of anilines is 1. The summed E-state index contributed by atoms with van der Waals surface area (Å²) < 4.78 is 5.28. The maximum atomic E-state index is 8.80. The van der Waals surface area contributed by atoms with E-state index in [4.69, 9.17) is 10.00 Å². The van der Waals surface area contributed by atoms with Gasteiger partial charge in [-0.1, -0.05) is 0 Å². The van der Waals surface area contributed by atoms with Gasteiger partial charge < -0.3 is 9.64 Å². The Bertz CT molecular complexity index is 365. The van der Waals surface area contributed by atoms with Gasteiger partial charge in [-0.05, 0) is 6.92 Å². The maximum absolute atomic E-state index is 8.80. The van der Waals surface area contributed by atoms with Crippen LogP contribution >= 0.6 is 11.3 Å². The molecule has 5 heteroatoms. The number of hydrogen-bond acceptors (Lipinski definition) is 5. The van der Waals surface area contributed by atoms with Crippen LogP contribution in [0.2, 0.25) is 0 Å². The van der Waals surface area contributed by atoms with Crippen molar-refractivity contribution in [3.8, 4) is 6.07 Å². The van der Waals surface area contributed by atoms with Gasteiger partial charge >= 0.3 is 0 Å². The topological polar surface area (TPSA) is 49.2 Å². The van der Waals surface area contributed by atoms with Gasteiger partial charge in [0.2, 0.25) is 0 Å². The van der Waals surface area contributed by atoms with Gasteiger partial charge in [0.15, 0.2) is 5.13 Å². The van der Waals surface area contributed by atoms with Crippen LogP contribution in [-0.4, -0.2) is 31.3 Å². The molecule has 0 bridgehead atoms. The molecule has 2 heterocycles. The Morgan fingerprint density at radius 1 is 1.60 bits per heavy atom. The lowest BCUT2D eigenvalue weighted by Gasteiger charge is -2.26. The second-order valence-corrected chi connectivity index (χ2v) is 4.54. The minimum Gasteiger partial charge on any atom is -0.378 e. The van der Waals surface area contributed by atoms with Crippen molar-refractivity contribution in [1.82, 2.24) is 4.98 Å². The summed E-state index contributed by atoms with van der Waals surface area (Å²) in [5.74, 6) is -0.0581. The predicted octanol–water partition coefficient (Wildman–Crippen LogP) is 1.61. The molecular formula is C10H13N3OS. The van der Waals surface area contributed by atoms with Crippen molar-refractivity contribution < 1.29 is 4.74 Å². The van der Waals surface area contributed by atoms with E-state index in [0.29, 0.717) is 0 Å². The van der Waals surface area contributed by atoms with Gasteiger partial charge in [-0.3, -0.25) is 0 Å². The van der Waals surface area contributed by atoms with E-state index < -0.39 is 0 Å². The van der Waals surface area contributed by atoms with Crippen LogP contribution in [0.15, 0.2) is 6.20 Å². The number of nitrogens with zero attached hydrogens (tertiary/aromatic N) is 3. The van der Waals surface area contributed by atoms with Gasteiger partial charge in [0.1, 0.15) is 0 Å². The number of nitriles is 1. The zero-order valence-corrected chi connectivity index (χ0v) is 9.46. The van der Waals surface area contributed by atoms with Gasteiger partial charge in [0.05, 0.1) is 25.2 Å². The quantitative estimate of drug-likeness (QED) is 0.764. The van der Waals surface area contributed by atoms with Crippen molar-refractivity contribution in [2.24, 2.45) is 0 Å². The summed E-state index contributed by atoms with van der Waals surface area (Å²) in [6.45, 7) is 5.23. The van der Waals surface area contributed by atoms with Gasteiger partial charge in [0.25, 0.3) is 0 Å². The fourth-order valence-electron chi connectivity index (χ4n) is 1.44. The number of rotatable bonds is 2. The highest BCUT2D eigenvalue weighted by atomic mass is 32.1. The van der Waals surface area contributed by atoms with Crippen LogP contribution in [0.3, 0.4) is 0 Å². The molecule has 1 saturated heterocycles. The maximum Gasteiger partial charge on any atom is 0.185 e. The van der Waals surface area contributed by atoms with E-state index in [2.05, 4.69) is 16.0 Å². The molecule has 0 amide bonds. The van der Waals surface area contributed by atoms with E-state index in [0.717, 1.165) is 36.3 Å². The summed E-state index contributed by atoms with van der Waals surface area (Å²) in [6.07, 6.45) is 1.81. The molecule has 1 aromatic rings. The van der Waals surface area contributed by atoms with E-state index in [-0.39, 0.29) is 5.92 Å². The highest BCUT2D eigenvalue weighted by Crippen LogP contribution is 2.28. The molecule has 1 aliphatic rings. The van der Waals surface area contributed by atoms with Crippen LogP contribution < -0.4 is 4.90 Å². The molecular weight excluding hydrogens is 210 g/mol. The van der Waals surface area contributed by atoms with Gasteiger partial charge in [0, 0.05) is 24.2 Å². The van der Waals surface area contributed by atoms with Crippen LogP contribution in [-0.2, 0) is 4.74 Å². The van der Waals surface area contributed by atoms with Crippen LogP contribution in [0.4, 0.5) is 5.13 Å². The Morgan fingerprint density at radius 3 is 3.00 bits per heavy atom. The molecule has 1 aliphatic heterocycles. The molecule has 2 rings (SSSR count). The molecule has 1 aromatic heterocycles. The summed E-state index contributed by atoms with van der Waals surface area (Å²) in [5.41, 5.74) is 0. The highest BCUT2D eigenvalue weighted by Gasteiger charge is 2.16.